The summed E-state index contributed by atoms with van der Waals surface area (Å²) >= 11 is 0. The number of ether oxygens (including phenoxy) is 1. The first-order valence-corrected chi connectivity index (χ1v) is 7.87. The Kier molecular flexibility index (Phi) is 8.12. The molecule has 0 unspecified atom stereocenters. The van der Waals surface area contributed by atoms with E-state index in [4.69, 9.17) is 4.74 Å². The minimum absolute atomic E-state index is 0. The van der Waals surface area contributed by atoms with Gasteiger partial charge in [-0.25, -0.2) is 4.79 Å². The molecule has 0 aromatic carbocycles. The molecule has 1 aliphatic rings. The van der Waals surface area contributed by atoms with Gasteiger partial charge in [0.15, 0.2) is 0 Å². The average molecular weight is 394 g/mol. The molecule has 0 bridgehead atoms. The number of unbranched alkanes of at least 4 members (excludes halogenated alkanes) is 3. The Bertz CT molecular complexity index is 500. The van der Waals surface area contributed by atoms with Crippen LogP contribution in [0.5, 0.6) is 0 Å². The van der Waals surface area contributed by atoms with E-state index in [9.17, 15) is 9.90 Å². The fourth-order valence-corrected chi connectivity index (χ4v) is 2.61. The zero-order valence-electron chi connectivity index (χ0n) is 14.0. The van der Waals surface area contributed by atoms with Gasteiger partial charge in [-0.2, -0.15) is 6.42 Å². The number of amides is 1. The number of anilines is 1. The summed E-state index contributed by atoms with van der Waals surface area (Å²) in [5.74, 6) is 0. The minimum Gasteiger partial charge on any atom is -0.447 e. The van der Waals surface area contributed by atoms with Crippen molar-refractivity contribution in [2.45, 2.75) is 57.6 Å². The van der Waals surface area contributed by atoms with Crippen molar-refractivity contribution in [1.82, 2.24) is 4.98 Å². The molecule has 0 aliphatic carbocycles. The molecule has 0 saturated carbocycles. The molecule has 1 aromatic heterocycles. The van der Waals surface area contributed by atoms with Crippen LogP contribution in [0, 0.1) is 6.92 Å². The monoisotopic (exact) mass is 394 g/mol. The van der Waals surface area contributed by atoms with Crippen LogP contribution in [-0.4, -0.2) is 28.8 Å². The van der Waals surface area contributed by atoms with Gasteiger partial charge in [-0.3, -0.25) is 9.88 Å². The Labute approximate surface area is 163 Å². The first-order chi connectivity index (χ1) is 10.4. The second-order valence-electron chi connectivity index (χ2n) is 6.26. The normalized spacial score (nSPS) is 17.8. The maximum Gasteiger partial charge on any atom is 0.414 e. The third kappa shape index (κ3) is 5.51. The van der Waals surface area contributed by atoms with Gasteiger partial charge in [0.2, 0.25) is 0 Å². The molecule has 2 heterocycles. The third-order valence-electron chi connectivity index (χ3n) is 3.90. The fourth-order valence-electron chi connectivity index (χ4n) is 2.61. The number of cyclic esters (lactones) is 1. The van der Waals surface area contributed by atoms with Gasteiger partial charge in [-0.15, -0.1) is 0 Å². The Hall–Kier alpha value is -0.516. The molecule has 6 heteroatoms. The van der Waals surface area contributed by atoms with E-state index in [1.54, 1.807) is 31.0 Å². The van der Waals surface area contributed by atoms with Crippen LogP contribution in [0.1, 0.15) is 51.6 Å². The molecular weight excluding hydrogens is 369 g/mol. The van der Waals surface area contributed by atoms with E-state index in [2.05, 4.69) is 11.9 Å². The standard InChI is InChI=1S/C17H25N2O3.Y/c1-4-5-6-7-8-14-12-22-16(20)19(14)13-9-10-15(18-11-13)17(2,3)21;/h9-11,14,21H,1,4-8,12H2,2-3H3;/q-1;/t14-;/m0./s1. The molecule has 5 nitrogen and oxygen atoms in total. The maximum atomic E-state index is 12.0. The third-order valence-corrected chi connectivity index (χ3v) is 3.90. The number of pyridine rings is 1. The van der Waals surface area contributed by atoms with E-state index >= 15 is 0 Å². The van der Waals surface area contributed by atoms with Crippen molar-refractivity contribution in [3.05, 3.63) is 30.9 Å². The Morgan fingerprint density at radius 3 is 2.70 bits per heavy atom. The van der Waals surface area contributed by atoms with Crippen molar-refractivity contribution in [3.63, 3.8) is 0 Å². The first kappa shape index (κ1) is 20.5. The van der Waals surface area contributed by atoms with Crippen molar-refractivity contribution in [2.75, 3.05) is 11.5 Å². The average Bonchev–Trinajstić information content (AvgIpc) is 2.84. The second kappa shape index (κ2) is 9.09. The van der Waals surface area contributed by atoms with Gasteiger partial charge < -0.3 is 16.8 Å². The number of carbonyl (C=O) groups excluding carboxylic acids is 1. The van der Waals surface area contributed by atoms with Crippen LogP contribution in [0.4, 0.5) is 10.5 Å². The molecule has 1 fully saturated rings. The molecule has 1 atom stereocenters. The summed E-state index contributed by atoms with van der Waals surface area (Å²) in [5.41, 5.74) is 0.311. The number of hydrogen-bond acceptors (Lipinski definition) is 4. The predicted molar refractivity (Wildman–Crippen MR) is 85.5 cm³/mol. The fraction of sp³-hybridized carbons (Fsp3) is 0.588. The summed E-state index contributed by atoms with van der Waals surface area (Å²) in [5, 5.41) is 9.94. The number of hydrogen-bond donors (Lipinski definition) is 1. The largest absolute Gasteiger partial charge is 0.447 e. The van der Waals surface area contributed by atoms with Crippen LogP contribution >= 0.6 is 0 Å². The zero-order chi connectivity index (χ0) is 16.2. The molecule has 2 rings (SSSR count). The van der Waals surface area contributed by atoms with Gasteiger partial charge in [-0.05, 0) is 32.4 Å². The van der Waals surface area contributed by atoms with Gasteiger partial charge in [0, 0.05) is 32.7 Å². The molecule has 1 aromatic rings. The second-order valence-corrected chi connectivity index (χ2v) is 6.26. The Balaban J connectivity index is 0.00000264. The van der Waals surface area contributed by atoms with Gasteiger partial charge in [0.05, 0.1) is 23.6 Å². The Morgan fingerprint density at radius 2 is 2.13 bits per heavy atom. The maximum absolute atomic E-state index is 12.0. The van der Waals surface area contributed by atoms with E-state index in [1.807, 2.05) is 6.07 Å². The summed E-state index contributed by atoms with van der Waals surface area (Å²) in [6.07, 6.45) is 6.47. The van der Waals surface area contributed by atoms with Crippen molar-refractivity contribution in [1.29, 1.82) is 0 Å². The summed E-state index contributed by atoms with van der Waals surface area (Å²) in [6, 6.07) is 3.63. The molecule has 0 spiro atoms. The smallest absolute Gasteiger partial charge is 0.414 e. The van der Waals surface area contributed by atoms with Crippen LogP contribution < -0.4 is 4.90 Å². The number of nitrogens with zero attached hydrogens (tertiary/aromatic N) is 2. The van der Waals surface area contributed by atoms with Crippen molar-refractivity contribution in [3.8, 4) is 0 Å². The Morgan fingerprint density at radius 1 is 1.39 bits per heavy atom. The molecule has 1 aliphatic heterocycles. The summed E-state index contributed by atoms with van der Waals surface area (Å²) in [6.45, 7) is 7.64. The van der Waals surface area contributed by atoms with Crippen LogP contribution in [0.25, 0.3) is 0 Å². The number of rotatable bonds is 7. The van der Waals surface area contributed by atoms with Gasteiger partial charge in [0.1, 0.15) is 12.2 Å². The molecule has 23 heavy (non-hydrogen) atoms. The van der Waals surface area contributed by atoms with E-state index in [0.717, 1.165) is 37.8 Å². The van der Waals surface area contributed by atoms with E-state index in [0.29, 0.717) is 12.3 Å². The molecule has 1 amide bonds. The minimum atomic E-state index is -0.988. The number of carbonyl (C=O) groups is 1. The molecule has 125 valence electrons. The molecule has 1 saturated heterocycles. The molecule has 1 N–H and O–H groups in total. The van der Waals surface area contributed by atoms with Crippen LogP contribution in [0.15, 0.2) is 18.3 Å². The SMILES string of the molecule is [CH2-]CCCCC[C@H]1COC(=O)N1c1ccc(C(C)(C)O)nc1.[Y]. The summed E-state index contributed by atoms with van der Waals surface area (Å²) in [7, 11) is 0. The number of aromatic nitrogens is 1. The van der Waals surface area contributed by atoms with Crippen molar-refractivity contribution in [2.24, 2.45) is 0 Å². The van der Waals surface area contributed by atoms with Gasteiger partial charge >= 0.3 is 6.09 Å². The zero-order valence-corrected chi connectivity index (χ0v) is 16.8. The summed E-state index contributed by atoms with van der Waals surface area (Å²) < 4.78 is 5.18. The van der Waals surface area contributed by atoms with Crippen molar-refractivity contribution < 1.29 is 47.3 Å². The van der Waals surface area contributed by atoms with Crippen molar-refractivity contribution >= 4 is 11.8 Å². The first-order valence-electron chi connectivity index (χ1n) is 7.87. The van der Waals surface area contributed by atoms with Gasteiger partial charge in [0.25, 0.3) is 0 Å². The van der Waals surface area contributed by atoms with E-state index in [-0.39, 0.29) is 44.8 Å². The topological polar surface area (TPSA) is 62.7 Å². The van der Waals surface area contributed by atoms with E-state index < -0.39 is 5.60 Å². The van der Waals surface area contributed by atoms with Gasteiger partial charge in [-0.1, -0.05) is 19.3 Å². The van der Waals surface area contributed by atoms with Crippen LogP contribution in [0.2, 0.25) is 0 Å². The van der Waals surface area contributed by atoms with Crippen LogP contribution in [0.3, 0.4) is 0 Å². The predicted octanol–water partition coefficient (Wildman–Crippen LogP) is 3.42. The number of aliphatic hydroxyl groups is 1. The molecular formula is C17H25N2O3Y-. The van der Waals surface area contributed by atoms with E-state index in [1.165, 1.54) is 0 Å². The quantitative estimate of drug-likeness (QED) is 0.569. The summed E-state index contributed by atoms with van der Waals surface area (Å²) in [4.78, 5) is 17.9. The molecule has 1 radical (unpaired) electrons. The van der Waals surface area contributed by atoms with Crippen LogP contribution in [-0.2, 0) is 43.0 Å².